The van der Waals surface area contributed by atoms with Crippen molar-refractivity contribution in [3.63, 3.8) is 0 Å². The van der Waals surface area contributed by atoms with Gasteiger partial charge in [0.05, 0.1) is 5.41 Å². The van der Waals surface area contributed by atoms with Crippen LogP contribution >= 0.6 is 0 Å². The molecule has 7 heteroatoms. The second-order valence-electron chi connectivity index (χ2n) is 5.60. The standard InChI is InChI=1S/C12H19N5O2/c1-7(2)8-14-9(16-15-8)10(18)17-5-4-12(3,6-17)11(13)19/h7H,4-6H2,1-3H3,(H2,13,19)(H,14,15,16). The molecule has 1 atom stereocenters. The number of nitrogens with zero attached hydrogens (tertiary/aromatic N) is 3. The Morgan fingerprint density at radius 2 is 2.16 bits per heavy atom. The lowest BCUT2D eigenvalue weighted by Crippen LogP contribution is -2.38. The molecule has 1 unspecified atom stereocenters. The minimum atomic E-state index is -0.646. The number of aromatic nitrogens is 3. The van der Waals surface area contributed by atoms with Crippen LogP contribution in [0.3, 0.4) is 0 Å². The molecular weight excluding hydrogens is 246 g/mol. The van der Waals surface area contributed by atoms with E-state index in [4.69, 9.17) is 5.73 Å². The molecule has 2 rings (SSSR count). The van der Waals surface area contributed by atoms with Gasteiger partial charge >= 0.3 is 0 Å². The highest BCUT2D eigenvalue weighted by molar-refractivity contribution is 5.92. The van der Waals surface area contributed by atoms with E-state index in [1.165, 1.54) is 0 Å². The maximum absolute atomic E-state index is 12.2. The van der Waals surface area contributed by atoms with Crippen LogP contribution in [0.25, 0.3) is 0 Å². The Labute approximate surface area is 111 Å². The summed E-state index contributed by atoms with van der Waals surface area (Å²) in [6.07, 6.45) is 0.579. The van der Waals surface area contributed by atoms with Crippen LogP contribution in [0.2, 0.25) is 0 Å². The van der Waals surface area contributed by atoms with E-state index in [1.807, 2.05) is 13.8 Å². The van der Waals surface area contributed by atoms with Gasteiger partial charge in [-0.2, -0.15) is 0 Å². The van der Waals surface area contributed by atoms with Crippen LogP contribution in [0.1, 0.15) is 49.6 Å². The Bertz CT molecular complexity index is 510. The highest BCUT2D eigenvalue weighted by Crippen LogP contribution is 2.30. The molecule has 1 saturated heterocycles. The van der Waals surface area contributed by atoms with Crippen molar-refractivity contribution in [1.82, 2.24) is 20.1 Å². The highest BCUT2D eigenvalue weighted by atomic mass is 16.2. The summed E-state index contributed by atoms with van der Waals surface area (Å²) >= 11 is 0. The molecule has 0 bridgehead atoms. The fourth-order valence-corrected chi connectivity index (χ4v) is 2.11. The first-order chi connectivity index (χ1) is 8.83. The molecule has 2 heterocycles. The quantitative estimate of drug-likeness (QED) is 0.818. The summed E-state index contributed by atoms with van der Waals surface area (Å²) in [5, 5.41) is 6.68. The van der Waals surface area contributed by atoms with Crippen LogP contribution < -0.4 is 5.73 Å². The second kappa shape index (κ2) is 4.64. The van der Waals surface area contributed by atoms with Gasteiger partial charge in [-0.3, -0.25) is 14.7 Å². The molecule has 1 aliphatic rings. The first-order valence-electron chi connectivity index (χ1n) is 6.35. The average molecular weight is 265 g/mol. The maximum atomic E-state index is 12.2. The molecule has 7 nitrogen and oxygen atoms in total. The van der Waals surface area contributed by atoms with E-state index in [9.17, 15) is 9.59 Å². The number of rotatable bonds is 3. The summed E-state index contributed by atoms with van der Waals surface area (Å²) in [4.78, 5) is 29.3. The monoisotopic (exact) mass is 265 g/mol. The summed E-state index contributed by atoms with van der Waals surface area (Å²) < 4.78 is 0. The van der Waals surface area contributed by atoms with Gasteiger partial charge in [0.1, 0.15) is 5.82 Å². The Balaban J connectivity index is 2.11. The molecular formula is C12H19N5O2. The summed E-state index contributed by atoms with van der Waals surface area (Å²) in [5.41, 5.74) is 4.72. The van der Waals surface area contributed by atoms with Gasteiger partial charge in [0.15, 0.2) is 0 Å². The third-order valence-electron chi connectivity index (χ3n) is 3.60. The zero-order valence-electron chi connectivity index (χ0n) is 11.4. The number of primary amides is 1. The number of hydrogen-bond acceptors (Lipinski definition) is 4. The van der Waals surface area contributed by atoms with E-state index in [1.54, 1.807) is 11.8 Å². The number of carbonyl (C=O) groups is 2. The first kappa shape index (κ1) is 13.5. The zero-order valence-corrected chi connectivity index (χ0v) is 11.4. The average Bonchev–Trinajstić information content (AvgIpc) is 2.95. The van der Waals surface area contributed by atoms with E-state index in [0.29, 0.717) is 25.3 Å². The number of nitrogens with two attached hydrogens (primary N) is 1. The smallest absolute Gasteiger partial charge is 0.293 e. The minimum Gasteiger partial charge on any atom is -0.369 e. The molecule has 1 aromatic heterocycles. The number of amides is 2. The van der Waals surface area contributed by atoms with Crippen molar-refractivity contribution in [2.75, 3.05) is 13.1 Å². The van der Waals surface area contributed by atoms with E-state index in [-0.39, 0.29) is 23.6 Å². The molecule has 0 spiro atoms. The third-order valence-corrected chi connectivity index (χ3v) is 3.60. The van der Waals surface area contributed by atoms with Crippen LogP contribution in [0.5, 0.6) is 0 Å². The second-order valence-corrected chi connectivity index (χ2v) is 5.60. The SMILES string of the molecule is CC(C)c1nc(C(=O)N2CCC(C)(C(N)=O)C2)n[nH]1. The molecule has 1 fully saturated rings. The lowest BCUT2D eigenvalue weighted by atomic mass is 9.89. The maximum Gasteiger partial charge on any atom is 0.293 e. The van der Waals surface area contributed by atoms with Gasteiger partial charge in [0.25, 0.3) is 5.91 Å². The van der Waals surface area contributed by atoms with Crippen molar-refractivity contribution >= 4 is 11.8 Å². The summed E-state index contributed by atoms with van der Waals surface area (Å²) in [7, 11) is 0. The van der Waals surface area contributed by atoms with Crippen LogP contribution in [-0.4, -0.2) is 45.0 Å². The predicted molar refractivity (Wildman–Crippen MR) is 68.3 cm³/mol. The predicted octanol–water partition coefficient (Wildman–Crippen LogP) is 0.266. The van der Waals surface area contributed by atoms with Crippen LogP contribution in [0.15, 0.2) is 0 Å². The van der Waals surface area contributed by atoms with Crippen LogP contribution in [0.4, 0.5) is 0 Å². The van der Waals surface area contributed by atoms with Gasteiger partial charge in [-0.1, -0.05) is 13.8 Å². The Hall–Kier alpha value is -1.92. The number of carbonyl (C=O) groups excluding carboxylic acids is 2. The van der Waals surface area contributed by atoms with Crippen molar-refractivity contribution in [2.24, 2.45) is 11.1 Å². The number of aromatic amines is 1. The van der Waals surface area contributed by atoms with Crippen molar-refractivity contribution in [2.45, 2.75) is 33.1 Å². The van der Waals surface area contributed by atoms with Gasteiger partial charge < -0.3 is 10.6 Å². The summed E-state index contributed by atoms with van der Waals surface area (Å²) in [6.45, 7) is 6.54. The topological polar surface area (TPSA) is 105 Å². The first-order valence-corrected chi connectivity index (χ1v) is 6.35. The molecule has 0 saturated carbocycles. The van der Waals surface area contributed by atoms with Gasteiger partial charge in [-0.15, -0.1) is 5.10 Å². The molecule has 0 radical (unpaired) electrons. The van der Waals surface area contributed by atoms with Crippen LogP contribution in [0, 0.1) is 5.41 Å². The molecule has 2 amide bonds. The van der Waals surface area contributed by atoms with Gasteiger partial charge in [0.2, 0.25) is 11.7 Å². The van der Waals surface area contributed by atoms with E-state index < -0.39 is 5.41 Å². The number of nitrogens with one attached hydrogen (secondary N) is 1. The molecule has 0 aliphatic carbocycles. The van der Waals surface area contributed by atoms with Gasteiger partial charge in [-0.05, 0) is 13.3 Å². The molecule has 1 aromatic rings. The molecule has 0 aromatic carbocycles. The lowest BCUT2D eigenvalue weighted by molar-refractivity contribution is -0.126. The fourth-order valence-electron chi connectivity index (χ4n) is 2.11. The van der Waals surface area contributed by atoms with E-state index >= 15 is 0 Å². The van der Waals surface area contributed by atoms with Gasteiger partial charge in [0, 0.05) is 19.0 Å². The summed E-state index contributed by atoms with van der Waals surface area (Å²) in [6, 6.07) is 0. The number of likely N-dealkylation sites (tertiary alicyclic amines) is 1. The Morgan fingerprint density at radius 3 is 2.63 bits per heavy atom. The third kappa shape index (κ3) is 2.45. The van der Waals surface area contributed by atoms with Crippen molar-refractivity contribution in [3.8, 4) is 0 Å². The Morgan fingerprint density at radius 1 is 1.47 bits per heavy atom. The van der Waals surface area contributed by atoms with Crippen molar-refractivity contribution in [3.05, 3.63) is 11.6 Å². The summed E-state index contributed by atoms with van der Waals surface area (Å²) in [5.74, 6) is 0.384. The van der Waals surface area contributed by atoms with E-state index in [2.05, 4.69) is 15.2 Å². The highest BCUT2D eigenvalue weighted by Gasteiger charge is 2.41. The molecule has 104 valence electrons. The molecule has 1 aliphatic heterocycles. The van der Waals surface area contributed by atoms with Crippen molar-refractivity contribution < 1.29 is 9.59 Å². The minimum absolute atomic E-state index is 0.150. The lowest BCUT2D eigenvalue weighted by Gasteiger charge is -2.20. The fraction of sp³-hybridized carbons (Fsp3) is 0.667. The molecule has 3 N–H and O–H groups in total. The van der Waals surface area contributed by atoms with E-state index in [0.717, 1.165) is 0 Å². The number of hydrogen-bond donors (Lipinski definition) is 2. The van der Waals surface area contributed by atoms with Crippen molar-refractivity contribution in [1.29, 1.82) is 0 Å². The Kier molecular flexibility index (Phi) is 3.30. The number of H-pyrrole nitrogens is 1. The zero-order chi connectivity index (χ0) is 14.2. The van der Waals surface area contributed by atoms with Crippen LogP contribution in [-0.2, 0) is 4.79 Å². The normalized spacial score (nSPS) is 23.1. The van der Waals surface area contributed by atoms with Gasteiger partial charge in [-0.25, -0.2) is 4.98 Å². The molecule has 19 heavy (non-hydrogen) atoms. The largest absolute Gasteiger partial charge is 0.369 e.